The number of nitrogens with zero attached hydrogens (tertiary/aromatic N) is 2. The standard InChI is InChI=1S/C21H19FN2O4S/c1-2-10-28-24-18(12-27-17-5-3-4-15(11-17)21(25)26)19-13-29-20(23-19)14-6-8-16(22)9-7-14/h3-9,11,13H,2,10,12H2,1H3,(H,25,26)/b24-18+. The number of aromatic carboxylic acids is 1. The van der Waals surface area contributed by atoms with Crippen molar-refractivity contribution in [2.24, 2.45) is 5.16 Å². The van der Waals surface area contributed by atoms with E-state index in [-0.39, 0.29) is 18.0 Å². The van der Waals surface area contributed by atoms with Crippen molar-refractivity contribution in [3.05, 3.63) is 71.0 Å². The Balaban J connectivity index is 1.79. The molecule has 0 bridgehead atoms. The lowest BCUT2D eigenvalue weighted by Gasteiger charge is -2.08. The second-order valence-electron chi connectivity index (χ2n) is 6.04. The number of aromatic nitrogens is 1. The normalized spacial score (nSPS) is 11.3. The summed E-state index contributed by atoms with van der Waals surface area (Å²) in [5.41, 5.74) is 1.99. The van der Waals surface area contributed by atoms with Gasteiger partial charge in [-0.25, -0.2) is 14.2 Å². The highest BCUT2D eigenvalue weighted by atomic mass is 32.1. The maximum atomic E-state index is 13.1. The van der Waals surface area contributed by atoms with Crippen LogP contribution in [0.1, 0.15) is 29.4 Å². The molecule has 29 heavy (non-hydrogen) atoms. The molecule has 150 valence electrons. The molecule has 3 aromatic rings. The first-order valence-corrected chi connectivity index (χ1v) is 9.81. The molecule has 0 radical (unpaired) electrons. The van der Waals surface area contributed by atoms with Crippen LogP contribution in [0.5, 0.6) is 5.75 Å². The minimum atomic E-state index is -1.03. The molecule has 3 rings (SSSR count). The van der Waals surface area contributed by atoms with Gasteiger partial charge in [-0.3, -0.25) is 0 Å². The number of oxime groups is 1. The van der Waals surface area contributed by atoms with Crippen LogP contribution in [0.3, 0.4) is 0 Å². The molecule has 0 saturated heterocycles. The summed E-state index contributed by atoms with van der Waals surface area (Å²) in [6.45, 7) is 2.48. The lowest BCUT2D eigenvalue weighted by atomic mass is 10.2. The van der Waals surface area contributed by atoms with Crippen LogP contribution in [0.25, 0.3) is 10.6 Å². The van der Waals surface area contributed by atoms with Crippen LogP contribution in [0.4, 0.5) is 4.39 Å². The molecule has 1 heterocycles. The van der Waals surface area contributed by atoms with Gasteiger partial charge in [0.15, 0.2) is 0 Å². The predicted molar refractivity (Wildman–Crippen MR) is 109 cm³/mol. The Morgan fingerprint density at radius 2 is 2.03 bits per heavy atom. The molecule has 1 aromatic heterocycles. The molecular weight excluding hydrogens is 395 g/mol. The summed E-state index contributed by atoms with van der Waals surface area (Å²) in [6, 6.07) is 12.3. The van der Waals surface area contributed by atoms with E-state index >= 15 is 0 Å². The smallest absolute Gasteiger partial charge is 0.335 e. The van der Waals surface area contributed by atoms with E-state index in [0.29, 0.717) is 23.8 Å². The van der Waals surface area contributed by atoms with Crippen molar-refractivity contribution in [3.63, 3.8) is 0 Å². The summed E-state index contributed by atoms with van der Waals surface area (Å²) in [4.78, 5) is 21.0. The van der Waals surface area contributed by atoms with Gasteiger partial charge < -0.3 is 14.7 Å². The zero-order valence-corrected chi connectivity index (χ0v) is 16.5. The Bertz CT molecular complexity index is 1000. The molecule has 0 fully saturated rings. The van der Waals surface area contributed by atoms with Gasteiger partial charge in [0.2, 0.25) is 0 Å². The molecule has 0 aliphatic rings. The van der Waals surface area contributed by atoms with Crippen LogP contribution < -0.4 is 4.74 Å². The molecule has 0 amide bonds. The van der Waals surface area contributed by atoms with Crippen molar-refractivity contribution in [1.29, 1.82) is 0 Å². The lowest BCUT2D eigenvalue weighted by molar-refractivity contribution is 0.0696. The molecule has 0 saturated carbocycles. The van der Waals surface area contributed by atoms with Gasteiger partial charge in [-0.15, -0.1) is 11.3 Å². The third kappa shape index (κ3) is 5.61. The fourth-order valence-corrected chi connectivity index (χ4v) is 3.20. The quantitative estimate of drug-likeness (QED) is 0.307. The molecule has 0 spiro atoms. The van der Waals surface area contributed by atoms with E-state index in [1.807, 2.05) is 12.3 Å². The number of hydrogen-bond acceptors (Lipinski definition) is 6. The monoisotopic (exact) mass is 414 g/mol. The molecule has 0 atom stereocenters. The van der Waals surface area contributed by atoms with E-state index in [4.69, 9.17) is 14.7 Å². The first-order valence-electron chi connectivity index (χ1n) is 8.93. The summed E-state index contributed by atoms with van der Waals surface area (Å²) in [7, 11) is 0. The average Bonchev–Trinajstić information content (AvgIpc) is 3.21. The SMILES string of the molecule is CCCO/N=C(\COc1cccc(C(=O)O)c1)c1csc(-c2ccc(F)cc2)n1. The first-order chi connectivity index (χ1) is 14.1. The van der Waals surface area contributed by atoms with Crippen molar-refractivity contribution < 1.29 is 23.9 Å². The number of benzene rings is 2. The van der Waals surface area contributed by atoms with Gasteiger partial charge >= 0.3 is 5.97 Å². The molecule has 0 aliphatic carbocycles. The van der Waals surface area contributed by atoms with E-state index in [2.05, 4.69) is 10.1 Å². The number of hydrogen-bond donors (Lipinski definition) is 1. The predicted octanol–water partition coefficient (Wildman–Crippen LogP) is 4.86. The molecule has 8 heteroatoms. The van der Waals surface area contributed by atoms with E-state index in [1.165, 1.54) is 35.6 Å². The Kier molecular flexibility index (Phi) is 6.91. The third-order valence-electron chi connectivity index (χ3n) is 3.82. The molecular formula is C21H19FN2O4S. The summed E-state index contributed by atoms with van der Waals surface area (Å²) in [6.07, 6.45) is 0.802. The van der Waals surface area contributed by atoms with Crippen LogP contribution in [0.2, 0.25) is 0 Å². The van der Waals surface area contributed by atoms with Crippen molar-refractivity contribution in [2.45, 2.75) is 13.3 Å². The average molecular weight is 414 g/mol. The van der Waals surface area contributed by atoms with Gasteiger partial charge in [-0.1, -0.05) is 18.1 Å². The number of thiazole rings is 1. The van der Waals surface area contributed by atoms with Crippen LogP contribution in [-0.4, -0.2) is 35.0 Å². The van der Waals surface area contributed by atoms with E-state index in [1.54, 1.807) is 24.3 Å². The fourth-order valence-electron chi connectivity index (χ4n) is 2.36. The third-order valence-corrected chi connectivity index (χ3v) is 4.71. The second kappa shape index (κ2) is 9.79. The summed E-state index contributed by atoms with van der Waals surface area (Å²) < 4.78 is 18.9. The minimum Gasteiger partial charge on any atom is -0.487 e. The highest BCUT2D eigenvalue weighted by Gasteiger charge is 2.13. The molecule has 0 unspecified atom stereocenters. The number of carbonyl (C=O) groups is 1. The Morgan fingerprint density at radius 1 is 1.24 bits per heavy atom. The van der Waals surface area contributed by atoms with Crippen LogP contribution in [0.15, 0.2) is 59.1 Å². The van der Waals surface area contributed by atoms with Gasteiger partial charge in [0.25, 0.3) is 0 Å². The second-order valence-corrected chi connectivity index (χ2v) is 6.90. The largest absolute Gasteiger partial charge is 0.487 e. The number of carboxylic acids is 1. The number of carboxylic acid groups (broad SMARTS) is 1. The summed E-state index contributed by atoms with van der Waals surface area (Å²) in [5, 5.41) is 15.8. The Labute approximate surface area is 171 Å². The lowest BCUT2D eigenvalue weighted by Crippen LogP contribution is -2.14. The topological polar surface area (TPSA) is 81.0 Å². The van der Waals surface area contributed by atoms with Crippen molar-refractivity contribution in [2.75, 3.05) is 13.2 Å². The first kappa shape index (κ1) is 20.5. The molecule has 2 aromatic carbocycles. The zero-order chi connectivity index (χ0) is 20.6. The van der Waals surface area contributed by atoms with Gasteiger partial charge in [0, 0.05) is 10.9 Å². The fraction of sp³-hybridized carbons (Fsp3) is 0.190. The van der Waals surface area contributed by atoms with E-state index in [9.17, 15) is 9.18 Å². The number of ether oxygens (including phenoxy) is 1. The Hall–Kier alpha value is -3.26. The van der Waals surface area contributed by atoms with Gasteiger partial charge in [0.05, 0.1) is 5.56 Å². The van der Waals surface area contributed by atoms with E-state index in [0.717, 1.165) is 17.0 Å². The van der Waals surface area contributed by atoms with Crippen molar-refractivity contribution in [1.82, 2.24) is 4.98 Å². The molecule has 6 nitrogen and oxygen atoms in total. The number of rotatable bonds is 9. The van der Waals surface area contributed by atoms with Gasteiger partial charge in [-0.05, 0) is 48.9 Å². The van der Waals surface area contributed by atoms with Gasteiger partial charge in [0.1, 0.15) is 41.2 Å². The van der Waals surface area contributed by atoms with Crippen LogP contribution >= 0.6 is 11.3 Å². The zero-order valence-electron chi connectivity index (χ0n) is 15.7. The maximum Gasteiger partial charge on any atom is 0.335 e. The molecule has 0 aliphatic heterocycles. The van der Waals surface area contributed by atoms with Gasteiger partial charge in [-0.2, -0.15) is 0 Å². The van der Waals surface area contributed by atoms with E-state index < -0.39 is 5.97 Å². The highest BCUT2D eigenvalue weighted by Crippen LogP contribution is 2.24. The van der Waals surface area contributed by atoms with Crippen molar-refractivity contribution in [3.8, 4) is 16.3 Å². The summed E-state index contributed by atoms with van der Waals surface area (Å²) >= 11 is 1.40. The summed E-state index contributed by atoms with van der Waals surface area (Å²) in [5.74, 6) is -0.932. The number of halogens is 1. The minimum absolute atomic E-state index is 0.0549. The van der Waals surface area contributed by atoms with Crippen molar-refractivity contribution >= 4 is 23.0 Å². The molecule has 1 N–H and O–H groups in total. The van der Waals surface area contributed by atoms with Crippen LogP contribution in [-0.2, 0) is 4.84 Å². The Morgan fingerprint density at radius 3 is 2.76 bits per heavy atom. The highest BCUT2D eigenvalue weighted by molar-refractivity contribution is 7.13. The maximum absolute atomic E-state index is 13.1. The van der Waals surface area contributed by atoms with Crippen LogP contribution in [0, 0.1) is 5.82 Å².